The summed E-state index contributed by atoms with van der Waals surface area (Å²) in [6.45, 7) is 4.27. The number of nitrogens with two attached hydrogens (primary N) is 1. The fourth-order valence-electron chi connectivity index (χ4n) is 1.08. The van der Waals surface area contributed by atoms with Crippen LogP contribution in [-0.2, 0) is 12.8 Å². The van der Waals surface area contributed by atoms with E-state index >= 15 is 0 Å². The standard InChI is InChI=1S/C9H16N2S/c1-3-8-4-5-9(12-8)6-7(2)11-10/h4-5,7,11H,3,6,10H2,1-2H3. The quantitative estimate of drug-likeness (QED) is 0.552. The maximum absolute atomic E-state index is 5.31. The van der Waals surface area contributed by atoms with Gasteiger partial charge in [-0.1, -0.05) is 6.92 Å². The summed E-state index contributed by atoms with van der Waals surface area (Å²) in [5.74, 6) is 5.31. The lowest BCUT2D eigenvalue weighted by Gasteiger charge is -2.06. The lowest BCUT2D eigenvalue weighted by atomic mass is 10.2. The third-order valence-electron chi connectivity index (χ3n) is 1.86. The van der Waals surface area contributed by atoms with E-state index in [9.17, 15) is 0 Å². The van der Waals surface area contributed by atoms with Gasteiger partial charge in [0.25, 0.3) is 0 Å². The zero-order chi connectivity index (χ0) is 8.97. The highest BCUT2D eigenvalue weighted by Gasteiger charge is 2.03. The summed E-state index contributed by atoms with van der Waals surface area (Å²) < 4.78 is 0. The molecule has 1 aromatic rings. The van der Waals surface area contributed by atoms with E-state index in [1.54, 1.807) is 0 Å². The van der Waals surface area contributed by atoms with Crippen LogP contribution in [0.3, 0.4) is 0 Å². The van der Waals surface area contributed by atoms with Gasteiger partial charge in [0.2, 0.25) is 0 Å². The first kappa shape index (κ1) is 9.71. The number of hydrogen-bond acceptors (Lipinski definition) is 3. The minimum atomic E-state index is 0.369. The van der Waals surface area contributed by atoms with E-state index in [-0.39, 0.29) is 0 Å². The van der Waals surface area contributed by atoms with Crippen molar-refractivity contribution in [2.45, 2.75) is 32.7 Å². The van der Waals surface area contributed by atoms with Gasteiger partial charge in [0.05, 0.1) is 0 Å². The summed E-state index contributed by atoms with van der Waals surface area (Å²) in [7, 11) is 0. The van der Waals surface area contributed by atoms with Gasteiger partial charge in [-0.3, -0.25) is 11.3 Å². The van der Waals surface area contributed by atoms with Crippen molar-refractivity contribution in [1.82, 2.24) is 5.43 Å². The van der Waals surface area contributed by atoms with Crippen molar-refractivity contribution in [3.63, 3.8) is 0 Å². The summed E-state index contributed by atoms with van der Waals surface area (Å²) in [4.78, 5) is 2.87. The molecule has 0 aliphatic carbocycles. The number of hydrazine groups is 1. The Balaban J connectivity index is 2.52. The molecule has 0 radical (unpaired) electrons. The Labute approximate surface area is 77.8 Å². The Hall–Kier alpha value is -0.380. The molecule has 0 fully saturated rings. The molecule has 0 bridgehead atoms. The molecule has 3 N–H and O–H groups in total. The molecule has 1 rings (SSSR count). The summed E-state index contributed by atoms with van der Waals surface area (Å²) in [5, 5.41) is 0. The van der Waals surface area contributed by atoms with Crippen molar-refractivity contribution in [3.05, 3.63) is 21.9 Å². The van der Waals surface area contributed by atoms with Gasteiger partial charge in [-0.25, -0.2) is 0 Å². The van der Waals surface area contributed by atoms with Crippen LogP contribution in [0.25, 0.3) is 0 Å². The van der Waals surface area contributed by atoms with E-state index in [1.807, 2.05) is 11.3 Å². The van der Waals surface area contributed by atoms with Crippen LogP contribution in [0.4, 0.5) is 0 Å². The maximum atomic E-state index is 5.31. The van der Waals surface area contributed by atoms with E-state index in [0.717, 1.165) is 12.8 Å². The molecule has 0 saturated carbocycles. The van der Waals surface area contributed by atoms with Crippen LogP contribution < -0.4 is 11.3 Å². The van der Waals surface area contributed by atoms with Crippen molar-refractivity contribution in [2.75, 3.05) is 0 Å². The largest absolute Gasteiger partial charge is 0.271 e. The van der Waals surface area contributed by atoms with Crippen LogP contribution in [-0.4, -0.2) is 6.04 Å². The average Bonchev–Trinajstić information content (AvgIpc) is 2.52. The molecule has 1 aromatic heterocycles. The number of nitrogens with one attached hydrogen (secondary N) is 1. The smallest absolute Gasteiger partial charge is 0.0230 e. The van der Waals surface area contributed by atoms with Gasteiger partial charge in [-0.2, -0.15) is 0 Å². The van der Waals surface area contributed by atoms with Crippen molar-refractivity contribution in [1.29, 1.82) is 0 Å². The second-order valence-electron chi connectivity index (χ2n) is 2.99. The molecule has 0 saturated heterocycles. The first-order chi connectivity index (χ1) is 5.76. The Morgan fingerprint density at radius 2 is 2.17 bits per heavy atom. The molecule has 0 aliphatic heterocycles. The first-order valence-electron chi connectivity index (χ1n) is 4.30. The van der Waals surface area contributed by atoms with Crippen LogP contribution in [0.5, 0.6) is 0 Å². The van der Waals surface area contributed by atoms with Gasteiger partial charge in [0, 0.05) is 15.8 Å². The zero-order valence-electron chi connectivity index (χ0n) is 7.63. The fourth-order valence-corrected chi connectivity index (χ4v) is 2.17. The van der Waals surface area contributed by atoms with Gasteiger partial charge in [-0.15, -0.1) is 11.3 Å². The Morgan fingerprint density at radius 3 is 2.67 bits per heavy atom. The van der Waals surface area contributed by atoms with Gasteiger partial charge in [0.15, 0.2) is 0 Å². The molecule has 1 heterocycles. The molecule has 3 heteroatoms. The van der Waals surface area contributed by atoms with Crippen LogP contribution in [0.2, 0.25) is 0 Å². The molecule has 1 atom stereocenters. The monoisotopic (exact) mass is 184 g/mol. The van der Waals surface area contributed by atoms with E-state index in [2.05, 4.69) is 31.4 Å². The molecule has 0 spiro atoms. The third-order valence-corrected chi connectivity index (χ3v) is 3.11. The number of aryl methyl sites for hydroxylation is 1. The Morgan fingerprint density at radius 1 is 1.50 bits per heavy atom. The van der Waals surface area contributed by atoms with Crippen LogP contribution in [0.1, 0.15) is 23.6 Å². The Kier molecular flexibility index (Phi) is 3.72. The highest BCUT2D eigenvalue weighted by molar-refractivity contribution is 7.11. The number of rotatable bonds is 4. The number of thiophene rings is 1. The van der Waals surface area contributed by atoms with Gasteiger partial charge in [-0.05, 0) is 31.9 Å². The highest BCUT2D eigenvalue weighted by Crippen LogP contribution is 2.18. The van der Waals surface area contributed by atoms with Crippen molar-refractivity contribution in [2.24, 2.45) is 5.84 Å². The van der Waals surface area contributed by atoms with E-state index < -0.39 is 0 Å². The first-order valence-corrected chi connectivity index (χ1v) is 5.11. The predicted octanol–water partition coefficient (Wildman–Crippen LogP) is 1.70. The third kappa shape index (κ3) is 2.59. The second kappa shape index (κ2) is 4.60. The SMILES string of the molecule is CCc1ccc(CC(C)NN)s1. The number of hydrogen-bond donors (Lipinski definition) is 2. The van der Waals surface area contributed by atoms with Crippen LogP contribution >= 0.6 is 11.3 Å². The molecular formula is C9H16N2S. The summed E-state index contributed by atoms with van der Waals surface area (Å²) in [5.41, 5.74) is 2.75. The molecular weight excluding hydrogens is 168 g/mol. The molecule has 12 heavy (non-hydrogen) atoms. The predicted molar refractivity (Wildman–Crippen MR) is 54.2 cm³/mol. The Bertz CT molecular complexity index is 232. The molecule has 0 aromatic carbocycles. The van der Waals surface area contributed by atoms with Crippen molar-refractivity contribution >= 4 is 11.3 Å². The average molecular weight is 184 g/mol. The molecule has 1 unspecified atom stereocenters. The fraction of sp³-hybridized carbons (Fsp3) is 0.556. The van der Waals surface area contributed by atoms with Gasteiger partial charge in [0.1, 0.15) is 0 Å². The van der Waals surface area contributed by atoms with Crippen molar-refractivity contribution in [3.8, 4) is 0 Å². The summed E-state index contributed by atoms with van der Waals surface area (Å²) >= 11 is 1.88. The van der Waals surface area contributed by atoms with Gasteiger partial charge < -0.3 is 0 Å². The van der Waals surface area contributed by atoms with E-state index in [4.69, 9.17) is 5.84 Å². The zero-order valence-corrected chi connectivity index (χ0v) is 8.45. The van der Waals surface area contributed by atoms with Gasteiger partial charge >= 0.3 is 0 Å². The lowest BCUT2D eigenvalue weighted by Crippen LogP contribution is -2.33. The molecule has 2 nitrogen and oxygen atoms in total. The molecule has 68 valence electrons. The summed E-state index contributed by atoms with van der Waals surface area (Å²) in [6.07, 6.45) is 2.16. The highest BCUT2D eigenvalue weighted by atomic mass is 32.1. The minimum absolute atomic E-state index is 0.369. The minimum Gasteiger partial charge on any atom is -0.271 e. The normalized spacial score (nSPS) is 13.2. The van der Waals surface area contributed by atoms with E-state index in [1.165, 1.54) is 9.75 Å². The maximum Gasteiger partial charge on any atom is 0.0230 e. The van der Waals surface area contributed by atoms with Crippen LogP contribution in [0.15, 0.2) is 12.1 Å². The van der Waals surface area contributed by atoms with Crippen molar-refractivity contribution < 1.29 is 0 Å². The topological polar surface area (TPSA) is 38.0 Å². The van der Waals surface area contributed by atoms with Crippen LogP contribution in [0, 0.1) is 0 Å². The molecule has 0 aliphatic rings. The molecule has 0 amide bonds. The second-order valence-corrected chi connectivity index (χ2v) is 4.25. The van der Waals surface area contributed by atoms with E-state index in [0.29, 0.717) is 6.04 Å². The summed E-state index contributed by atoms with van der Waals surface area (Å²) in [6, 6.07) is 4.76. The lowest BCUT2D eigenvalue weighted by molar-refractivity contribution is 0.571.